The van der Waals surface area contributed by atoms with Crippen molar-refractivity contribution in [2.75, 3.05) is 6.61 Å². The van der Waals surface area contributed by atoms with E-state index < -0.39 is 24.3 Å². The molecular weight excluding hydrogens is 291 g/mol. The third kappa shape index (κ3) is 2.67. The number of hydrogen-bond donors (Lipinski definition) is 2. The Hall–Kier alpha value is -1.70. The molecule has 6 nitrogen and oxygen atoms in total. The lowest BCUT2D eigenvalue weighted by molar-refractivity contribution is -0.0430. The minimum Gasteiger partial charge on any atom is -0.488 e. The molecule has 0 radical (unpaired) electrons. The van der Waals surface area contributed by atoms with Gasteiger partial charge in [-0.2, -0.15) is 0 Å². The number of halogens is 1. The van der Waals surface area contributed by atoms with E-state index in [-0.39, 0.29) is 18.5 Å². The van der Waals surface area contributed by atoms with E-state index in [4.69, 9.17) is 14.6 Å². The summed E-state index contributed by atoms with van der Waals surface area (Å²) in [6.45, 7) is 3.39. The molecular formula is C15H19FN2O4. The minimum absolute atomic E-state index is 0.132. The van der Waals surface area contributed by atoms with Crippen molar-refractivity contribution in [3.63, 3.8) is 0 Å². The van der Waals surface area contributed by atoms with E-state index in [2.05, 4.69) is 4.98 Å². The maximum absolute atomic E-state index is 14.1. The second-order valence-corrected chi connectivity index (χ2v) is 5.70. The summed E-state index contributed by atoms with van der Waals surface area (Å²) in [5.74, 6) is -0.312. The second-order valence-electron chi connectivity index (χ2n) is 5.70. The highest BCUT2D eigenvalue weighted by atomic mass is 19.1. The first-order valence-corrected chi connectivity index (χ1v) is 7.26. The molecule has 1 aromatic heterocycles. The molecule has 22 heavy (non-hydrogen) atoms. The van der Waals surface area contributed by atoms with E-state index in [0.717, 1.165) is 0 Å². The van der Waals surface area contributed by atoms with Gasteiger partial charge in [-0.25, -0.2) is 9.37 Å². The van der Waals surface area contributed by atoms with Crippen molar-refractivity contribution < 1.29 is 24.1 Å². The van der Waals surface area contributed by atoms with Crippen molar-refractivity contribution in [1.29, 1.82) is 0 Å². The van der Waals surface area contributed by atoms with Gasteiger partial charge in [0.1, 0.15) is 12.3 Å². The number of aromatic nitrogens is 2. The standard InChI is InChI=1S/C15H19FN2O4/c1-8(2)21-13-4-10-11(3-9(13)16)18(7-17-10)15-5-12(20)14(6-19)22-15/h3-4,7-8,12,14-15,19-20H,5-6H2,1-2H3/t12-,14+,15+/m0/s1. The first kappa shape index (κ1) is 15.2. The van der Waals surface area contributed by atoms with Gasteiger partial charge in [-0.3, -0.25) is 0 Å². The summed E-state index contributed by atoms with van der Waals surface area (Å²) >= 11 is 0. The summed E-state index contributed by atoms with van der Waals surface area (Å²) in [7, 11) is 0. The van der Waals surface area contributed by atoms with E-state index in [1.54, 1.807) is 17.0 Å². The Labute approximate surface area is 127 Å². The molecule has 1 fully saturated rings. The van der Waals surface area contributed by atoms with E-state index in [1.165, 1.54) is 6.07 Å². The SMILES string of the molecule is CC(C)Oc1cc2ncn([C@H]3C[C@H](O)[C@@H](CO)O3)c2cc1F. The average molecular weight is 310 g/mol. The highest BCUT2D eigenvalue weighted by molar-refractivity contribution is 5.77. The van der Waals surface area contributed by atoms with Crippen LogP contribution in [0.5, 0.6) is 5.75 Å². The number of aliphatic hydroxyl groups is 2. The molecule has 120 valence electrons. The van der Waals surface area contributed by atoms with Crippen LogP contribution in [-0.2, 0) is 4.74 Å². The number of nitrogens with zero attached hydrogens (tertiary/aromatic N) is 2. The van der Waals surface area contributed by atoms with E-state index in [1.807, 2.05) is 13.8 Å². The molecule has 7 heteroatoms. The van der Waals surface area contributed by atoms with Gasteiger partial charge in [0.2, 0.25) is 0 Å². The summed E-state index contributed by atoms with van der Waals surface area (Å²) in [6.07, 6.45) is -0.124. The molecule has 1 saturated heterocycles. The predicted octanol–water partition coefficient (Wildman–Crippen LogP) is 1.60. The zero-order valence-corrected chi connectivity index (χ0v) is 12.4. The first-order chi connectivity index (χ1) is 10.5. The van der Waals surface area contributed by atoms with Crippen molar-refractivity contribution in [3.8, 4) is 5.75 Å². The Morgan fingerprint density at radius 3 is 2.91 bits per heavy atom. The van der Waals surface area contributed by atoms with Gasteiger partial charge in [-0.05, 0) is 13.8 Å². The summed E-state index contributed by atoms with van der Waals surface area (Å²) in [6, 6.07) is 2.90. The van der Waals surface area contributed by atoms with Crippen LogP contribution in [-0.4, -0.2) is 44.7 Å². The predicted molar refractivity (Wildman–Crippen MR) is 77.1 cm³/mol. The summed E-state index contributed by atoms with van der Waals surface area (Å²) in [5, 5.41) is 19.0. The maximum atomic E-state index is 14.1. The molecule has 0 amide bonds. The third-order valence-electron chi connectivity index (χ3n) is 3.69. The fourth-order valence-corrected chi connectivity index (χ4v) is 2.65. The number of imidazole rings is 1. The normalized spacial score (nSPS) is 25.3. The smallest absolute Gasteiger partial charge is 0.167 e. The summed E-state index contributed by atoms with van der Waals surface area (Å²) in [5.41, 5.74) is 1.15. The van der Waals surface area contributed by atoms with Crippen molar-refractivity contribution in [2.24, 2.45) is 0 Å². The molecule has 1 aliphatic heterocycles. The van der Waals surface area contributed by atoms with E-state index in [0.29, 0.717) is 17.5 Å². The topological polar surface area (TPSA) is 76.7 Å². The number of ether oxygens (including phenoxy) is 2. The van der Waals surface area contributed by atoms with Gasteiger partial charge >= 0.3 is 0 Å². The fourth-order valence-electron chi connectivity index (χ4n) is 2.65. The van der Waals surface area contributed by atoms with Gasteiger partial charge in [0.05, 0.1) is 36.2 Å². The van der Waals surface area contributed by atoms with Crippen LogP contribution in [0.3, 0.4) is 0 Å². The number of benzene rings is 1. The van der Waals surface area contributed by atoms with Crippen molar-refractivity contribution in [3.05, 3.63) is 24.3 Å². The molecule has 2 aromatic rings. The molecule has 0 spiro atoms. The monoisotopic (exact) mass is 310 g/mol. The number of fused-ring (bicyclic) bond motifs is 1. The van der Waals surface area contributed by atoms with Gasteiger partial charge in [-0.15, -0.1) is 0 Å². The third-order valence-corrected chi connectivity index (χ3v) is 3.69. The van der Waals surface area contributed by atoms with Crippen LogP contribution in [0.15, 0.2) is 18.5 Å². The number of hydrogen-bond acceptors (Lipinski definition) is 5. The van der Waals surface area contributed by atoms with Crippen LogP contribution in [0.1, 0.15) is 26.5 Å². The lowest BCUT2D eigenvalue weighted by Crippen LogP contribution is -2.24. The van der Waals surface area contributed by atoms with Crippen LogP contribution in [0.25, 0.3) is 11.0 Å². The Bertz CT molecular complexity index is 673. The van der Waals surface area contributed by atoms with Crippen LogP contribution in [0, 0.1) is 5.82 Å². The molecule has 2 N–H and O–H groups in total. The van der Waals surface area contributed by atoms with Gasteiger partial charge in [-0.1, -0.05) is 0 Å². The van der Waals surface area contributed by atoms with Crippen LogP contribution in [0.4, 0.5) is 4.39 Å². The molecule has 0 saturated carbocycles. The second kappa shape index (κ2) is 5.83. The molecule has 3 rings (SSSR count). The number of aliphatic hydroxyl groups excluding tert-OH is 2. The first-order valence-electron chi connectivity index (χ1n) is 7.26. The lowest BCUT2D eigenvalue weighted by atomic mass is 10.2. The maximum Gasteiger partial charge on any atom is 0.167 e. The largest absolute Gasteiger partial charge is 0.488 e. The molecule has 3 atom stereocenters. The molecule has 1 aliphatic rings. The number of rotatable bonds is 4. The van der Waals surface area contributed by atoms with Crippen LogP contribution >= 0.6 is 0 Å². The highest BCUT2D eigenvalue weighted by Crippen LogP contribution is 2.33. The Kier molecular flexibility index (Phi) is 4.03. The van der Waals surface area contributed by atoms with Crippen molar-refractivity contribution in [2.45, 2.75) is 44.8 Å². The Morgan fingerprint density at radius 2 is 2.27 bits per heavy atom. The quantitative estimate of drug-likeness (QED) is 0.897. The van der Waals surface area contributed by atoms with Crippen molar-refractivity contribution in [1.82, 2.24) is 9.55 Å². The van der Waals surface area contributed by atoms with Gasteiger partial charge < -0.3 is 24.3 Å². The van der Waals surface area contributed by atoms with Gasteiger partial charge in [0.15, 0.2) is 11.6 Å². The van der Waals surface area contributed by atoms with E-state index in [9.17, 15) is 9.50 Å². The molecule has 2 heterocycles. The Balaban J connectivity index is 1.94. The van der Waals surface area contributed by atoms with Crippen LogP contribution < -0.4 is 4.74 Å². The minimum atomic E-state index is -0.749. The molecule has 0 bridgehead atoms. The lowest BCUT2D eigenvalue weighted by Gasteiger charge is -2.15. The molecule has 1 aromatic carbocycles. The van der Waals surface area contributed by atoms with Crippen molar-refractivity contribution >= 4 is 11.0 Å². The van der Waals surface area contributed by atoms with Crippen LogP contribution in [0.2, 0.25) is 0 Å². The summed E-state index contributed by atoms with van der Waals surface area (Å²) in [4.78, 5) is 4.24. The van der Waals surface area contributed by atoms with Gasteiger partial charge in [0.25, 0.3) is 0 Å². The van der Waals surface area contributed by atoms with Gasteiger partial charge in [0, 0.05) is 18.6 Å². The Morgan fingerprint density at radius 1 is 1.50 bits per heavy atom. The zero-order valence-electron chi connectivity index (χ0n) is 12.4. The fraction of sp³-hybridized carbons (Fsp3) is 0.533. The summed E-state index contributed by atoms with van der Waals surface area (Å²) < 4.78 is 26.8. The molecule has 0 aliphatic carbocycles. The van der Waals surface area contributed by atoms with E-state index >= 15 is 0 Å². The average Bonchev–Trinajstić information content (AvgIpc) is 3.01. The highest BCUT2D eigenvalue weighted by Gasteiger charge is 2.35. The zero-order chi connectivity index (χ0) is 15.9. The molecule has 0 unspecified atom stereocenters.